The minimum atomic E-state index is -3.59. The van der Waals surface area contributed by atoms with E-state index in [0.717, 1.165) is 0 Å². The second-order valence-corrected chi connectivity index (χ2v) is 6.87. The van der Waals surface area contributed by atoms with Gasteiger partial charge in [-0.2, -0.15) is 0 Å². The quantitative estimate of drug-likeness (QED) is 0.428. The molecular weight excluding hydrogens is 442 g/mol. The molecule has 83 valence electrons. The van der Waals surface area contributed by atoms with E-state index in [2.05, 4.69) is 0 Å². The number of alkyl halides is 3. The van der Waals surface area contributed by atoms with E-state index >= 15 is 0 Å². The molecule has 0 aromatic carbocycles. The Morgan fingerprint density at radius 2 is 1.71 bits per heavy atom. The van der Waals surface area contributed by atoms with Crippen molar-refractivity contribution in [2.75, 3.05) is 0 Å². The first-order valence-corrected chi connectivity index (χ1v) is 6.54. The van der Waals surface area contributed by atoms with E-state index in [0.29, 0.717) is 0 Å². The van der Waals surface area contributed by atoms with Crippen molar-refractivity contribution in [1.29, 1.82) is 0 Å². The third-order valence-corrected chi connectivity index (χ3v) is 5.90. The number of halogens is 5. The monoisotopic (exact) mass is 446 g/mol. The predicted octanol–water partition coefficient (Wildman–Crippen LogP) is 2.60. The van der Waals surface area contributed by atoms with Crippen LogP contribution in [0, 0.1) is 11.8 Å². The van der Waals surface area contributed by atoms with Crippen molar-refractivity contribution in [3.05, 3.63) is 12.2 Å². The van der Waals surface area contributed by atoms with Crippen molar-refractivity contribution in [2.24, 2.45) is 11.8 Å². The van der Waals surface area contributed by atoms with Crippen LogP contribution in [-0.2, 0) is 0 Å². The van der Waals surface area contributed by atoms with E-state index in [-0.39, 0.29) is 6.42 Å². The molecule has 2 bridgehead atoms. The number of fused-ring (bicyclic) bond motifs is 2. The molecule has 0 aromatic heterocycles. The zero-order valence-corrected chi connectivity index (χ0v) is 9.36. The summed E-state index contributed by atoms with van der Waals surface area (Å²) in [6.45, 7) is -2.12. The van der Waals surface area contributed by atoms with Gasteiger partial charge in [0.2, 0.25) is 0 Å². The summed E-state index contributed by atoms with van der Waals surface area (Å²) in [6, 6.07) is 0. The summed E-state index contributed by atoms with van der Waals surface area (Å²) in [6.07, 6.45) is -0.388. The fraction of sp³-hybridized carbons (Fsp3) is 0.625. The van der Waals surface area contributed by atoms with Gasteiger partial charge in [-0.15, -0.1) is 0 Å². The van der Waals surface area contributed by atoms with E-state index in [1.165, 1.54) is 12.2 Å². The molecule has 0 radical (unpaired) electrons. The van der Waals surface area contributed by atoms with Gasteiger partial charge in [0.1, 0.15) is 0 Å². The Kier molecular flexibility index (Phi) is 1.38. The Balaban J connectivity index is 2.45. The van der Waals surface area contributed by atoms with Gasteiger partial charge in [-0.05, 0) is 0 Å². The SMILES string of the molecule is F[C](F)=[Cf][C]1(F)C2C=CC(C2)C1(F)F. The summed E-state index contributed by atoms with van der Waals surface area (Å²) in [7, 11) is 0. The van der Waals surface area contributed by atoms with Crippen molar-refractivity contribution in [3.8, 4) is 0 Å². The van der Waals surface area contributed by atoms with E-state index in [4.69, 9.17) is 0 Å². The summed E-state index contributed by atoms with van der Waals surface area (Å²) in [5, 5.41) is 0. The van der Waals surface area contributed by atoms with Crippen LogP contribution in [0.4, 0.5) is 22.0 Å². The number of allylic oxidation sites excluding steroid dienone is 2. The molecule has 2 aliphatic carbocycles. The van der Waals surface area contributed by atoms with Crippen LogP contribution in [0.3, 0.4) is 0 Å². The maximum absolute atomic E-state index is 13.8. The maximum atomic E-state index is 13.8. The predicted molar refractivity (Wildman–Crippen MR) is 36.7 cm³/mol. The van der Waals surface area contributed by atoms with Gasteiger partial charge < -0.3 is 0 Å². The molecule has 2 rings (SSSR count). The molecule has 3 unspecified atom stereocenters. The van der Waals surface area contributed by atoms with Crippen LogP contribution in [-0.4, -0.2) is 19.0 Å². The standard InChI is InChI=1S/C7H6F3.CF2.Cf/c8-6-4-1-2-5(3-4)7(6,9)10;2-1-3;/h1-2,4-5H,3H2;;. The number of hydrogen-bond acceptors (Lipinski definition) is 0. The third kappa shape index (κ3) is 0.795. The van der Waals surface area contributed by atoms with Crippen molar-refractivity contribution >= 4 is 6.93 Å². The first-order valence-electron chi connectivity index (χ1n) is 3.90. The Bertz CT molecular complexity index is 320. The minimum absolute atomic E-state index is 0.0218. The second-order valence-electron chi connectivity index (χ2n) is 3.30. The summed E-state index contributed by atoms with van der Waals surface area (Å²) in [5.74, 6) is -5.77. The van der Waals surface area contributed by atoms with Crippen LogP contribution in [0.1, 0.15) is 6.42 Å². The molecule has 0 heterocycles. The molecule has 0 nitrogen and oxygen atoms in total. The van der Waals surface area contributed by atoms with Crippen LogP contribution in [0.15, 0.2) is 12.2 Å². The zero-order valence-electron chi connectivity index (χ0n) is 6.72. The van der Waals surface area contributed by atoms with Crippen LogP contribution in [0.2, 0.25) is 0 Å². The van der Waals surface area contributed by atoms with Gasteiger partial charge >= 0.3 is 71.4 Å². The van der Waals surface area contributed by atoms with Crippen molar-refractivity contribution in [2.45, 2.75) is 18.5 Å². The Morgan fingerprint density at radius 3 is 2.14 bits per heavy atom. The summed E-state index contributed by atoms with van der Waals surface area (Å²) >= 11 is 0. The molecule has 1 fully saturated rings. The molecule has 0 aliphatic heterocycles. The van der Waals surface area contributed by atoms with Crippen LogP contribution >= 0.6 is 0 Å². The normalized spacial score (nSPS) is 42.6. The topological polar surface area (TPSA) is 0 Å². The van der Waals surface area contributed by atoms with E-state index in [9.17, 15) is 22.0 Å². The summed E-state index contributed by atoms with van der Waals surface area (Å²) < 4.78 is 61.5. The third-order valence-electron chi connectivity index (χ3n) is 2.59. The summed E-state index contributed by atoms with van der Waals surface area (Å²) in [4.78, 5) is 0. The van der Waals surface area contributed by atoms with Gasteiger partial charge in [0.05, 0.1) is 0 Å². The first kappa shape index (κ1) is 8.84. The number of hydrogen-bond donors (Lipinski definition) is 0. The molecule has 14 heavy (non-hydrogen) atoms. The molecule has 0 aromatic rings. The molecule has 3 atom stereocenters. The van der Waals surface area contributed by atoms with Gasteiger partial charge in [0, 0.05) is 0 Å². The Hall–Kier alpha value is -1.74. The molecule has 0 spiro atoms. The van der Waals surface area contributed by atoms with Gasteiger partial charge in [-0.1, -0.05) is 0 Å². The fourth-order valence-electron chi connectivity index (χ4n) is 1.90. The molecule has 0 amide bonds. The fourth-order valence-corrected chi connectivity index (χ4v) is 4.61. The second kappa shape index (κ2) is 2.19. The van der Waals surface area contributed by atoms with E-state index < -0.39 is 30.9 Å². The molecule has 6 heteroatoms. The van der Waals surface area contributed by atoms with Gasteiger partial charge in [0.15, 0.2) is 0 Å². The van der Waals surface area contributed by atoms with Crippen molar-refractivity contribution in [1.82, 2.24) is 0 Å². The molecule has 0 saturated heterocycles. The molecular formula is C8H6CfF5. The first-order chi connectivity index (χ1) is 6.38. The average Bonchev–Trinajstić information content (AvgIpc) is 2.54. The zero-order chi connectivity index (χ0) is 10.6. The number of rotatable bonds is 1. The van der Waals surface area contributed by atoms with Crippen LogP contribution in [0.5, 0.6) is 0 Å². The molecule has 1 saturated carbocycles. The van der Waals surface area contributed by atoms with E-state index in [1.54, 1.807) is 0 Å². The molecule has 2 aliphatic rings. The van der Waals surface area contributed by atoms with Crippen LogP contribution in [0.25, 0.3) is 0 Å². The van der Waals surface area contributed by atoms with Gasteiger partial charge in [-0.25, -0.2) is 0 Å². The summed E-state index contributed by atoms with van der Waals surface area (Å²) in [5.41, 5.74) is 0. The van der Waals surface area contributed by atoms with Gasteiger partial charge in [0.25, 0.3) is 0 Å². The average molecular weight is 448 g/mol. The Labute approximate surface area is 72.4 Å². The van der Waals surface area contributed by atoms with Crippen molar-refractivity contribution in [3.63, 3.8) is 0 Å². The molecule has 0 N–H and O–H groups in total. The van der Waals surface area contributed by atoms with Crippen molar-refractivity contribution < 1.29 is 22.0 Å². The Morgan fingerprint density at radius 1 is 1.14 bits per heavy atom. The van der Waals surface area contributed by atoms with Crippen LogP contribution < -0.4 is 0 Å². The van der Waals surface area contributed by atoms with E-state index in [1.807, 2.05) is 0 Å². The van der Waals surface area contributed by atoms with Gasteiger partial charge in [-0.3, -0.25) is 0 Å².